The second-order valence-electron chi connectivity index (χ2n) is 0. The third kappa shape index (κ3) is 52.3. The monoisotopic (exact) mass is 226 g/mol. The second-order valence-corrected chi connectivity index (χ2v) is 0. The van der Waals surface area contributed by atoms with E-state index in [1.807, 2.05) is 0 Å². The van der Waals surface area contributed by atoms with Gasteiger partial charge >= 0.3 is 50.9 Å². The summed E-state index contributed by atoms with van der Waals surface area (Å²) >= 11 is 0. The molecule has 0 bridgehead atoms. The van der Waals surface area contributed by atoms with Crippen molar-refractivity contribution in [2.45, 2.75) is 0 Å². The van der Waals surface area contributed by atoms with Gasteiger partial charge in [-0.15, -0.1) is 0 Å². The molecular formula is CoCuFeO3. The Hall–Kier alpha value is 1.43. The smallest absolute Gasteiger partial charge is 2.00 e. The molecule has 0 N–H and O–H groups in total. The predicted octanol–water partition coefficient (Wildman–Crippen LogP) is -0.364. The van der Waals surface area contributed by atoms with E-state index >= 15 is 0 Å². The van der Waals surface area contributed by atoms with Crippen LogP contribution in [-0.4, -0.2) is 0 Å². The quantitative estimate of drug-likeness (QED) is 0.505. The minimum Gasteiger partial charge on any atom is -2.00 e. The molecule has 0 aliphatic rings. The van der Waals surface area contributed by atoms with Crippen LogP contribution < -0.4 is 0 Å². The molecule has 0 aromatic heterocycles. The average Bonchev–Trinajstić information content (AvgIpc) is 0. The first kappa shape index (κ1) is 151. The predicted molar refractivity (Wildman–Crippen MR) is 2.06 cm³/mol. The summed E-state index contributed by atoms with van der Waals surface area (Å²) in [6.07, 6.45) is 0. The third-order valence-corrected chi connectivity index (χ3v) is 0. The molecule has 3 nitrogen and oxygen atoms in total. The van der Waals surface area contributed by atoms with Crippen molar-refractivity contribution in [3.63, 3.8) is 0 Å². The summed E-state index contributed by atoms with van der Waals surface area (Å²) in [7, 11) is 0. The molecule has 6 heavy (non-hydrogen) atoms. The van der Waals surface area contributed by atoms with Gasteiger partial charge in [-0.25, -0.2) is 0 Å². The minimum absolute atomic E-state index is 0. The van der Waals surface area contributed by atoms with Gasteiger partial charge in [0.05, 0.1) is 0 Å². The summed E-state index contributed by atoms with van der Waals surface area (Å²) in [6.45, 7) is 0. The van der Waals surface area contributed by atoms with Gasteiger partial charge in [0.15, 0.2) is 0 Å². The zero-order valence-corrected chi connectivity index (χ0v) is 5.30. The first-order valence-corrected chi connectivity index (χ1v) is 0. The molecule has 0 atom stereocenters. The first-order chi connectivity index (χ1) is 0. The Labute approximate surface area is 67.3 Å². The van der Waals surface area contributed by atoms with Crippen molar-refractivity contribution >= 4 is 0 Å². The van der Waals surface area contributed by atoms with Gasteiger partial charge in [0.1, 0.15) is 0 Å². The largest absolute Gasteiger partial charge is 2.00 e. The van der Waals surface area contributed by atoms with E-state index in [1.54, 1.807) is 0 Å². The van der Waals surface area contributed by atoms with E-state index < -0.39 is 0 Å². The van der Waals surface area contributed by atoms with Gasteiger partial charge in [0.25, 0.3) is 0 Å². The Morgan fingerprint density at radius 1 is 0.667 bits per heavy atom. The van der Waals surface area contributed by atoms with Gasteiger partial charge in [-0.3, -0.25) is 0 Å². The molecule has 0 aromatic carbocycles. The van der Waals surface area contributed by atoms with Crippen LogP contribution in [0.3, 0.4) is 0 Å². The molecule has 0 heterocycles. The van der Waals surface area contributed by atoms with Crippen molar-refractivity contribution < 1.29 is 67.3 Å². The Balaban J connectivity index is 0. The summed E-state index contributed by atoms with van der Waals surface area (Å²) in [6, 6.07) is 0. The van der Waals surface area contributed by atoms with Crippen LogP contribution in [0.5, 0.6) is 0 Å². The molecule has 2 radical (unpaired) electrons. The van der Waals surface area contributed by atoms with Crippen LogP contribution in [0.1, 0.15) is 0 Å². The number of rotatable bonds is 0. The topological polar surface area (TPSA) is 85.5 Å². The molecule has 0 amide bonds. The van der Waals surface area contributed by atoms with Crippen LogP contribution in [0, 0.1) is 0 Å². The standard InChI is InChI=1S/Co.Cu.Fe.3O/q3*+2;3*-2. The SMILES string of the molecule is [Co+2].[Cu+2].[Fe+2].[O-2].[O-2].[O-2]. The molecule has 0 aliphatic heterocycles. The summed E-state index contributed by atoms with van der Waals surface area (Å²) < 4.78 is 0. The van der Waals surface area contributed by atoms with Crippen LogP contribution in [0.2, 0.25) is 0 Å². The van der Waals surface area contributed by atoms with Crippen molar-refractivity contribution in [1.82, 2.24) is 0 Å². The summed E-state index contributed by atoms with van der Waals surface area (Å²) in [4.78, 5) is 0. The molecule has 0 spiro atoms. The van der Waals surface area contributed by atoms with Crippen molar-refractivity contribution in [2.75, 3.05) is 0 Å². The van der Waals surface area contributed by atoms with Crippen molar-refractivity contribution in [1.29, 1.82) is 0 Å². The van der Waals surface area contributed by atoms with Crippen LogP contribution in [0.4, 0.5) is 0 Å². The van der Waals surface area contributed by atoms with Crippen LogP contribution >= 0.6 is 0 Å². The van der Waals surface area contributed by atoms with E-state index in [-0.39, 0.29) is 67.3 Å². The molecule has 0 aromatic rings. The molecule has 0 aliphatic carbocycles. The van der Waals surface area contributed by atoms with Crippen LogP contribution in [0.15, 0.2) is 0 Å². The Morgan fingerprint density at radius 3 is 0.667 bits per heavy atom. The second kappa shape index (κ2) is 93.1. The van der Waals surface area contributed by atoms with Crippen molar-refractivity contribution in [3.05, 3.63) is 0 Å². The Bertz CT molecular complexity index is 10.8. The molecule has 0 saturated carbocycles. The number of hydrogen-bond donors (Lipinski definition) is 0. The summed E-state index contributed by atoms with van der Waals surface area (Å²) in [5, 5.41) is 0. The maximum Gasteiger partial charge on any atom is 2.00 e. The van der Waals surface area contributed by atoms with Gasteiger partial charge in [-0.2, -0.15) is 0 Å². The van der Waals surface area contributed by atoms with Crippen molar-refractivity contribution in [3.8, 4) is 0 Å². The maximum absolute atomic E-state index is 0. The molecule has 6 heteroatoms. The summed E-state index contributed by atoms with van der Waals surface area (Å²) in [5.41, 5.74) is 0. The minimum atomic E-state index is 0. The normalized spacial score (nSPS) is 0. The summed E-state index contributed by atoms with van der Waals surface area (Å²) in [5.74, 6) is 0. The van der Waals surface area contributed by atoms with Gasteiger partial charge in [0, 0.05) is 0 Å². The number of hydrogen-bond acceptors (Lipinski definition) is 0. The Morgan fingerprint density at radius 2 is 0.667 bits per heavy atom. The molecule has 0 fully saturated rings. The zero-order valence-electron chi connectivity index (χ0n) is 2.21. The van der Waals surface area contributed by atoms with E-state index in [0.717, 1.165) is 0 Å². The molecule has 0 unspecified atom stereocenters. The van der Waals surface area contributed by atoms with Gasteiger partial charge in [-0.05, 0) is 0 Å². The van der Waals surface area contributed by atoms with Crippen LogP contribution in [-0.2, 0) is 67.3 Å². The first-order valence-electron chi connectivity index (χ1n) is 0. The molecular weight excluding hydrogens is 226 g/mol. The Kier molecular flexibility index (Phi) is 2340. The maximum atomic E-state index is 0. The molecule has 0 saturated heterocycles. The molecule has 0 rings (SSSR count). The fourth-order valence-electron chi connectivity index (χ4n) is 0. The zero-order chi connectivity index (χ0) is 0. The van der Waals surface area contributed by atoms with Crippen molar-refractivity contribution in [2.24, 2.45) is 0 Å². The average molecular weight is 226 g/mol. The van der Waals surface area contributed by atoms with Gasteiger partial charge < -0.3 is 16.4 Å². The van der Waals surface area contributed by atoms with E-state index in [1.165, 1.54) is 0 Å². The van der Waals surface area contributed by atoms with E-state index in [4.69, 9.17) is 0 Å². The van der Waals surface area contributed by atoms with Gasteiger partial charge in [0.2, 0.25) is 0 Å². The fraction of sp³-hybridized carbons (Fsp3) is 0. The van der Waals surface area contributed by atoms with Crippen LogP contribution in [0.25, 0.3) is 0 Å². The van der Waals surface area contributed by atoms with E-state index in [2.05, 4.69) is 0 Å². The van der Waals surface area contributed by atoms with E-state index in [9.17, 15) is 0 Å². The van der Waals surface area contributed by atoms with Gasteiger partial charge in [-0.1, -0.05) is 0 Å². The molecule has 46 valence electrons. The third-order valence-electron chi connectivity index (χ3n) is 0. The van der Waals surface area contributed by atoms with E-state index in [0.29, 0.717) is 0 Å². The fourth-order valence-corrected chi connectivity index (χ4v) is 0.